The van der Waals surface area contributed by atoms with E-state index in [1.165, 1.54) is 5.56 Å². The van der Waals surface area contributed by atoms with E-state index in [4.69, 9.17) is 4.42 Å². The van der Waals surface area contributed by atoms with Crippen LogP contribution in [0.4, 0.5) is 11.1 Å². The molecule has 116 valence electrons. The zero-order valence-corrected chi connectivity index (χ0v) is 14.1. The van der Waals surface area contributed by atoms with Crippen LogP contribution in [0.2, 0.25) is 0 Å². The van der Waals surface area contributed by atoms with Crippen molar-refractivity contribution >= 4 is 33.6 Å². The molecule has 0 saturated carbocycles. The van der Waals surface area contributed by atoms with Gasteiger partial charge >= 0.3 is 6.01 Å². The van der Waals surface area contributed by atoms with Gasteiger partial charge in [0.15, 0.2) is 10.7 Å². The topological polar surface area (TPSA) is 54.2 Å². The van der Waals surface area contributed by atoms with Crippen molar-refractivity contribution in [2.75, 3.05) is 19.4 Å². The van der Waals surface area contributed by atoms with Crippen LogP contribution in [0.3, 0.4) is 0 Å². The Kier molecular flexibility index (Phi) is 4.13. The summed E-state index contributed by atoms with van der Waals surface area (Å²) < 4.78 is 5.73. The van der Waals surface area contributed by atoms with Gasteiger partial charge in [-0.15, -0.1) is 11.3 Å². The summed E-state index contributed by atoms with van der Waals surface area (Å²) in [5.74, 6) is 0.477. The van der Waals surface area contributed by atoms with Crippen molar-refractivity contribution < 1.29 is 4.42 Å². The second kappa shape index (κ2) is 6.06. The molecule has 0 spiro atoms. The quantitative estimate of drug-likeness (QED) is 0.764. The zero-order chi connectivity index (χ0) is 15.7. The summed E-state index contributed by atoms with van der Waals surface area (Å²) in [6, 6.07) is 6.62. The van der Waals surface area contributed by atoms with Crippen molar-refractivity contribution in [2.24, 2.45) is 0 Å². The predicted molar refractivity (Wildman–Crippen MR) is 90.9 cm³/mol. The maximum Gasteiger partial charge on any atom is 0.302 e. The number of rotatable bonds is 5. The number of nitrogens with zero attached hydrogens (tertiary/aromatic N) is 3. The Labute approximate surface area is 134 Å². The first-order chi connectivity index (χ1) is 10.5. The van der Waals surface area contributed by atoms with Gasteiger partial charge in [-0.2, -0.15) is 4.98 Å². The highest BCUT2D eigenvalue weighted by atomic mass is 32.1. The fourth-order valence-electron chi connectivity index (χ4n) is 2.21. The maximum absolute atomic E-state index is 5.73. The fraction of sp³-hybridized carbons (Fsp3) is 0.375. The molecule has 0 unspecified atom stereocenters. The molecule has 2 heterocycles. The molecule has 0 bridgehead atoms. The first-order valence-electron chi connectivity index (χ1n) is 7.28. The van der Waals surface area contributed by atoms with Crippen LogP contribution in [-0.4, -0.2) is 29.0 Å². The van der Waals surface area contributed by atoms with Crippen LogP contribution in [0.25, 0.3) is 11.1 Å². The van der Waals surface area contributed by atoms with Crippen molar-refractivity contribution in [1.82, 2.24) is 14.9 Å². The largest absolute Gasteiger partial charge is 0.423 e. The van der Waals surface area contributed by atoms with Crippen molar-refractivity contribution in [3.63, 3.8) is 0 Å². The number of nitrogens with one attached hydrogen (secondary N) is 1. The average Bonchev–Trinajstić information content (AvgIpc) is 3.03. The van der Waals surface area contributed by atoms with Crippen LogP contribution in [0, 0.1) is 0 Å². The third kappa shape index (κ3) is 3.28. The van der Waals surface area contributed by atoms with E-state index in [0.717, 1.165) is 28.5 Å². The molecule has 5 nitrogen and oxygen atoms in total. The number of anilines is 2. The second-order valence-corrected chi connectivity index (χ2v) is 6.77. The summed E-state index contributed by atoms with van der Waals surface area (Å²) >= 11 is 1.56. The summed E-state index contributed by atoms with van der Waals surface area (Å²) in [7, 11) is 4.05. The predicted octanol–water partition coefficient (Wildman–Crippen LogP) is 4.21. The molecule has 6 heteroatoms. The van der Waals surface area contributed by atoms with E-state index >= 15 is 0 Å². The van der Waals surface area contributed by atoms with Crippen LogP contribution in [0.15, 0.2) is 28.0 Å². The monoisotopic (exact) mass is 316 g/mol. The normalized spacial score (nSPS) is 11.7. The molecule has 1 aromatic carbocycles. The van der Waals surface area contributed by atoms with Gasteiger partial charge in [-0.1, -0.05) is 19.9 Å². The summed E-state index contributed by atoms with van der Waals surface area (Å²) in [6.07, 6.45) is 0. The molecule has 0 fully saturated rings. The third-order valence-corrected chi connectivity index (χ3v) is 4.13. The molecule has 0 atom stereocenters. The fourth-order valence-corrected chi connectivity index (χ4v) is 2.90. The summed E-state index contributed by atoms with van der Waals surface area (Å²) in [5, 5.41) is 5.99. The molecule has 0 radical (unpaired) electrons. The van der Waals surface area contributed by atoms with Crippen LogP contribution < -0.4 is 5.32 Å². The Morgan fingerprint density at radius 3 is 2.82 bits per heavy atom. The molecular formula is C16H20N4OS. The molecule has 3 aromatic rings. The van der Waals surface area contributed by atoms with Gasteiger partial charge in [-0.25, -0.2) is 4.98 Å². The lowest BCUT2D eigenvalue weighted by atomic mass is 10.0. The highest BCUT2D eigenvalue weighted by Crippen LogP contribution is 2.26. The molecule has 0 amide bonds. The Balaban J connectivity index is 1.80. The van der Waals surface area contributed by atoms with Crippen molar-refractivity contribution in [3.8, 4) is 0 Å². The summed E-state index contributed by atoms with van der Waals surface area (Å²) in [5.41, 5.74) is 3.96. The minimum absolute atomic E-state index is 0.477. The number of benzene rings is 1. The van der Waals surface area contributed by atoms with Gasteiger partial charge in [-0.05, 0) is 37.7 Å². The molecule has 22 heavy (non-hydrogen) atoms. The first kappa shape index (κ1) is 15.0. The van der Waals surface area contributed by atoms with Crippen molar-refractivity contribution in [3.05, 3.63) is 34.8 Å². The lowest BCUT2D eigenvalue weighted by molar-refractivity contribution is 0.398. The number of hydrogen-bond acceptors (Lipinski definition) is 6. The average molecular weight is 316 g/mol. The van der Waals surface area contributed by atoms with Gasteiger partial charge in [0, 0.05) is 11.9 Å². The highest BCUT2D eigenvalue weighted by Gasteiger charge is 2.10. The van der Waals surface area contributed by atoms with Crippen molar-refractivity contribution in [2.45, 2.75) is 26.3 Å². The van der Waals surface area contributed by atoms with E-state index in [-0.39, 0.29) is 0 Å². The number of oxazole rings is 1. The van der Waals surface area contributed by atoms with E-state index in [1.54, 1.807) is 11.3 Å². The van der Waals surface area contributed by atoms with Gasteiger partial charge in [0.25, 0.3) is 0 Å². The molecule has 3 rings (SSSR count). The third-order valence-electron chi connectivity index (χ3n) is 3.32. The van der Waals surface area contributed by atoms with Gasteiger partial charge in [0.1, 0.15) is 5.52 Å². The lowest BCUT2D eigenvalue weighted by Gasteiger charge is -2.05. The zero-order valence-electron chi connectivity index (χ0n) is 13.3. The van der Waals surface area contributed by atoms with E-state index in [2.05, 4.69) is 46.2 Å². The van der Waals surface area contributed by atoms with Crippen LogP contribution in [-0.2, 0) is 6.54 Å². The lowest BCUT2D eigenvalue weighted by Crippen LogP contribution is -2.10. The molecular weight excluding hydrogens is 296 g/mol. The number of hydrogen-bond donors (Lipinski definition) is 1. The molecule has 0 aliphatic heterocycles. The Hall–Kier alpha value is -1.92. The first-order valence-corrected chi connectivity index (χ1v) is 8.16. The Bertz CT molecular complexity index is 775. The van der Waals surface area contributed by atoms with Gasteiger partial charge in [0.05, 0.1) is 5.69 Å². The second-order valence-electron chi connectivity index (χ2n) is 5.91. The molecule has 0 aliphatic carbocycles. The number of thiazole rings is 1. The van der Waals surface area contributed by atoms with Crippen LogP contribution in [0.1, 0.15) is 31.0 Å². The van der Waals surface area contributed by atoms with Crippen LogP contribution in [0.5, 0.6) is 0 Å². The Morgan fingerprint density at radius 1 is 1.27 bits per heavy atom. The summed E-state index contributed by atoms with van der Waals surface area (Å²) in [6.45, 7) is 5.16. The standard InChI is InChI=1S/C16H20N4OS/c1-10(2)11-5-6-14-13(7-11)18-15(21-14)19-16-17-12(9-22-16)8-20(3)4/h5-7,9-10H,8H2,1-4H3,(H,17,18,19). The molecule has 0 saturated heterocycles. The van der Waals surface area contributed by atoms with Gasteiger partial charge < -0.3 is 9.32 Å². The van der Waals surface area contributed by atoms with E-state index in [9.17, 15) is 0 Å². The molecule has 0 aliphatic rings. The number of aromatic nitrogens is 2. The minimum Gasteiger partial charge on any atom is -0.423 e. The maximum atomic E-state index is 5.73. The van der Waals surface area contributed by atoms with E-state index < -0.39 is 0 Å². The SMILES string of the molecule is CC(C)c1ccc2oc(Nc3nc(CN(C)C)cs3)nc2c1. The highest BCUT2D eigenvalue weighted by molar-refractivity contribution is 7.13. The minimum atomic E-state index is 0.477. The van der Waals surface area contributed by atoms with E-state index in [0.29, 0.717) is 11.9 Å². The molecule has 1 N–H and O–H groups in total. The van der Waals surface area contributed by atoms with Gasteiger partial charge in [0.2, 0.25) is 0 Å². The summed E-state index contributed by atoms with van der Waals surface area (Å²) in [4.78, 5) is 11.1. The number of fused-ring (bicyclic) bond motifs is 1. The van der Waals surface area contributed by atoms with E-state index in [1.807, 2.05) is 25.5 Å². The molecule has 2 aromatic heterocycles. The van der Waals surface area contributed by atoms with Crippen LogP contribution >= 0.6 is 11.3 Å². The Morgan fingerprint density at radius 2 is 2.09 bits per heavy atom. The smallest absolute Gasteiger partial charge is 0.302 e. The van der Waals surface area contributed by atoms with Crippen molar-refractivity contribution in [1.29, 1.82) is 0 Å². The van der Waals surface area contributed by atoms with Gasteiger partial charge in [-0.3, -0.25) is 5.32 Å².